The fourth-order valence-electron chi connectivity index (χ4n) is 2.26. The number of hydrogen-bond donors (Lipinski definition) is 0. The minimum Gasteiger partial charge on any atom is -0.445 e. The van der Waals surface area contributed by atoms with Crippen molar-refractivity contribution in [3.05, 3.63) is 71.3 Å². The summed E-state index contributed by atoms with van der Waals surface area (Å²) in [6, 6.07) is 17.1. The van der Waals surface area contributed by atoms with Crippen molar-refractivity contribution in [3.8, 4) is 0 Å². The highest BCUT2D eigenvalue weighted by Gasteiger charge is 2.09. The quantitative estimate of drug-likeness (QED) is 0.732. The van der Waals surface area contributed by atoms with Gasteiger partial charge < -0.3 is 9.64 Å². The van der Waals surface area contributed by atoms with Gasteiger partial charge in [0.15, 0.2) is 0 Å². The minimum absolute atomic E-state index is 0.283. The standard InChI is InChI=1S/C19H21NO3/c1-20(19(22)23-15-17-7-3-2-4-8-17)12-6-11-16-9-5-10-18(13-16)14-21/h2-5,7-10,13-14H,6,11-12,15H2,1H3. The average Bonchev–Trinajstić information content (AvgIpc) is 2.60. The smallest absolute Gasteiger partial charge is 0.409 e. The monoisotopic (exact) mass is 311 g/mol. The maximum atomic E-state index is 11.9. The molecule has 0 aromatic heterocycles. The molecule has 0 aliphatic heterocycles. The number of rotatable bonds is 7. The average molecular weight is 311 g/mol. The summed E-state index contributed by atoms with van der Waals surface area (Å²) in [5.41, 5.74) is 2.75. The number of amides is 1. The van der Waals surface area contributed by atoms with Gasteiger partial charge in [-0.05, 0) is 30.0 Å². The molecule has 23 heavy (non-hydrogen) atoms. The third-order valence-electron chi connectivity index (χ3n) is 3.56. The van der Waals surface area contributed by atoms with Crippen molar-refractivity contribution in [1.82, 2.24) is 4.90 Å². The van der Waals surface area contributed by atoms with Crippen LogP contribution in [0, 0.1) is 0 Å². The van der Waals surface area contributed by atoms with E-state index in [0.29, 0.717) is 12.1 Å². The van der Waals surface area contributed by atoms with Crippen LogP contribution in [0.5, 0.6) is 0 Å². The van der Waals surface area contributed by atoms with E-state index in [4.69, 9.17) is 4.74 Å². The zero-order valence-corrected chi connectivity index (χ0v) is 13.3. The zero-order valence-electron chi connectivity index (χ0n) is 13.3. The topological polar surface area (TPSA) is 46.6 Å². The van der Waals surface area contributed by atoms with E-state index >= 15 is 0 Å². The van der Waals surface area contributed by atoms with Crippen LogP contribution in [0.4, 0.5) is 4.79 Å². The predicted molar refractivity (Wildman–Crippen MR) is 89.4 cm³/mol. The highest BCUT2D eigenvalue weighted by molar-refractivity contribution is 5.74. The molecule has 0 heterocycles. The number of ether oxygens (including phenoxy) is 1. The van der Waals surface area contributed by atoms with Crippen LogP contribution in [0.25, 0.3) is 0 Å². The Bertz CT molecular complexity index is 640. The number of nitrogens with zero attached hydrogens (tertiary/aromatic N) is 1. The second-order valence-electron chi connectivity index (χ2n) is 5.43. The fraction of sp³-hybridized carbons (Fsp3) is 0.263. The lowest BCUT2D eigenvalue weighted by Crippen LogP contribution is -2.28. The Morgan fingerprint density at radius 1 is 1.09 bits per heavy atom. The molecule has 0 aliphatic rings. The van der Waals surface area contributed by atoms with Gasteiger partial charge >= 0.3 is 6.09 Å². The molecule has 2 rings (SSSR count). The van der Waals surface area contributed by atoms with Crippen LogP contribution in [0.2, 0.25) is 0 Å². The second-order valence-corrected chi connectivity index (χ2v) is 5.43. The van der Waals surface area contributed by atoms with Crippen LogP contribution < -0.4 is 0 Å². The number of benzene rings is 2. The van der Waals surface area contributed by atoms with Crippen LogP contribution in [0.3, 0.4) is 0 Å². The van der Waals surface area contributed by atoms with E-state index in [2.05, 4.69) is 0 Å². The summed E-state index contributed by atoms with van der Waals surface area (Å²) in [5, 5.41) is 0. The molecule has 0 spiro atoms. The van der Waals surface area contributed by atoms with Gasteiger partial charge in [-0.15, -0.1) is 0 Å². The van der Waals surface area contributed by atoms with Crippen molar-refractivity contribution in [2.24, 2.45) is 0 Å². The molecule has 4 nitrogen and oxygen atoms in total. The van der Waals surface area contributed by atoms with Gasteiger partial charge in [-0.2, -0.15) is 0 Å². The summed E-state index contributed by atoms with van der Waals surface area (Å²) in [7, 11) is 1.73. The summed E-state index contributed by atoms with van der Waals surface area (Å²) in [6.07, 6.45) is 2.16. The molecule has 4 heteroatoms. The summed E-state index contributed by atoms with van der Waals surface area (Å²) >= 11 is 0. The summed E-state index contributed by atoms with van der Waals surface area (Å²) in [5.74, 6) is 0. The molecule has 0 N–H and O–H groups in total. The van der Waals surface area contributed by atoms with E-state index in [1.807, 2.05) is 48.5 Å². The lowest BCUT2D eigenvalue weighted by atomic mass is 10.1. The summed E-state index contributed by atoms with van der Waals surface area (Å²) < 4.78 is 5.27. The third kappa shape index (κ3) is 5.58. The SMILES string of the molecule is CN(CCCc1cccc(C=O)c1)C(=O)OCc1ccccc1. The van der Waals surface area contributed by atoms with Gasteiger partial charge in [-0.25, -0.2) is 4.79 Å². The van der Waals surface area contributed by atoms with Crippen molar-refractivity contribution >= 4 is 12.4 Å². The molecule has 2 aromatic carbocycles. The molecule has 0 unspecified atom stereocenters. The molecule has 0 saturated carbocycles. The number of carbonyl (C=O) groups is 2. The predicted octanol–water partition coefficient (Wildman–Crippen LogP) is 3.70. The van der Waals surface area contributed by atoms with Crippen LogP contribution in [0.15, 0.2) is 54.6 Å². The molecule has 0 atom stereocenters. The lowest BCUT2D eigenvalue weighted by Gasteiger charge is -2.17. The Kier molecular flexibility index (Phi) is 6.36. The van der Waals surface area contributed by atoms with Crippen LogP contribution in [-0.4, -0.2) is 30.9 Å². The molecule has 0 saturated heterocycles. The third-order valence-corrected chi connectivity index (χ3v) is 3.56. The molecular formula is C19H21NO3. The highest BCUT2D eigenvalue weighted by atomic mass is 16.6. The number of hydrogen-bond acceptors (Lipinski definition) is 3. The lowest BCUT2D eigenvalue weighted by molar-refractivity contribution is 0.104. The van der Waals surface area contributed by atoms with E-state index in [1.54, 1.807) is 18.0 Å². The van der Waals surface area contributed by atoms with Crippen molar-refractivity contribution in [1.29, 1.82) is 0 Å². The normalized spacial score (nSPS) is 10.1. The van der Waals surface area contributed by atoms with Crippen LogP contribution in [-0.2, 0) is 17.8 Å². The zero-order chi connectivity index (χ0) is 16.5. The van der Waals surface area contributed by atoms with Crippen molar-refractivity contribution in [2.75, 3.05) is 13.6 Å². The molecular weight excluding hydrogens is 290 g/mol. The molecule has 1 amide bonds. The van der Waals surface area contributed by atoms with Gasteiger partial charge in [-0.1, -0.05) is 48.5 Å². The van der Waals surface area contributed by atoms with Crippen molar-refractivity contribution < 1.29 is 14.3 Å². The molecule has 0 bridgehead atoms. The number of aryl methyl sites for hydroxylation is 1. The molecule has 120 valence electrons. The maximum Gasteiger partial charge on any atom is 0.409 e. The molecule has 2 aromatic rings. The Hall–Kier alpha value is -2.62. The van der Waals surface area contributed by atoms with Gasteiger partial charge in [-0.3, -0.25) is 4.79 Å². The highest BCUT2D eigenvalue weighted by Crippen LogP contribution is 2.07. The first-order valence-electron chi connectivity index (χ1n) is 7.65. The van der Waals surface area contributed by atoms with E-state index in [-0.39, 0.29) is 12.7 Å². The number of carbonyl (C=O) groups excluding carboxylic acids is 2. The van der Waals surface area contributed by atoms with Crippen LogP contribution >= 0.6 is 0 Å². The van der Waals surface area contributed by atoms with E-state index in [1.165, 1.54) is 0 Å². The van der Waals surface area contributed by atoms with E-state index in [0.717, 1.165) is 30.3 Å². The van der Waals surface area contributed by atoms with Gasteiger partial charge in [0.25, 0.3) is 0 Å². The summed E-state index contributed by atoms with van der Waals surface area (Å²) in [4.78, 5) is 24.2. The van der Waals surface area contributed by atoms with E-state index in [9.17, 15) is 9.59 Å². The molecule has 0 aliphatic carbocycles. The Balaban J connectivity index is 1.72. The second kappa shape index (κ2) is 8.73. The van der Waals surface area contributed by atoms with Gasteiger partial charge in [0.2, 0.25) is 0 Å². The first-order valence-corrected chi connectivity index (χ1v) is 7.65. The molecule has 0 radical (unpaired) electrons. The van der Waals surface area contributed by atoms with Gasteiger partial charge in [0.1, 0.15) is 12.9 Å². The maximum absolute atomic E-state index is 11.9. The first-order chi connectivity index (χ1) is 11.2. The Morgan fingerprint density at radius 2 is 1.83 bits per heavy atom. The largest absolute Gasteiger partial charge is 0.445 e. The van der Waals surface area contributed by atoms with E-state index < -0.39 is 0 Å². The number of aldehydes is 1. The van der Waals surface area contributed by atoms with Crippen molar-refractivity contribution in [3.63, 3.8) is 0 Å². The minimum atomic E-state index is -0.324. The van der Waals surface area contributed by atoms with Gasteiger partial charge in [0.05, 0.1) is 0 Å². The summed E-state index contributed by atoms with van der Waals surface area (Å²) in [6.45, 7) is 0.893. The van der Waals surface area contributed by atoms with Gasteiger partial charge in [0, 0.05) is 19.2 Å². The Morgan fingerprint density at radius 3 is 2.57 bits per heavy atom. The van der Waals surface area contributed by atoms with Crippen molar-refractivity contribution in [2.45, 2.75) is 19.4 Å². The molecule has 0 fully saturated rings. The van der Waals surface area contributed by atoms with Crippen LogP contribution in [0.1, 0.15) is 27.9 Å². The first kappa shape index (κ1) is 16.7. The fourth-order valence-corrected chi connectivity index (χ4v) is 2.26. The Labute approximate surface area is 136 Å².